The molecule has 2 aromatic heterocycles. The number of fused-ring (bicyclic) bond motifs is 1. The summed E-state index contributed by atoms with van der Waals surface area (Å²) in [5, 5.41) is 11.3. The fraction of sp³-hybridized carbons (Fsp3) is 0.500. The van der Waals surface area contributed by atoms with Gasteiger partial charge in [-0.1, -0.05) is 0 Å². The minimum absolute atomic E-state index is 0.389. The summed E-state index contributed by atoms with van der Waals surface area (Å²) in [5.41, 5.74) is 1.75. The Morgan fingerprint density at radius 3 is 2.84 bits per heavy atom. The summed E-state index contributed by atoms with van der Waals surface area (Å²) >= 11 is 0. The number of aromatic nitrogens is 2. The van der Waals surface area contributed by atoms with E-state index >= 15 is 0 Å². The van der Waals surface area contributed by atoms with Crippen molar-refractivity contribution in [3.05, 3.63) is 24.0 Å². The Bertz CT molecular complexity index is 551. The highest BCUT2D eigenvalue weighted by Crippen LogP contribution is 2.30. The van der Waals surface area contributed by atoms with Crippen molar-refractivity contribution in [2.75, 3.05) is 20.7 Å². The van der Waals surface area contributed by atoms with E-state index < -0.39 is 6.10 Å². The van der Waals surface area contributed by atoms with Gasteiger partial charge in [-0.25, -0.2) is 4.98 Å². The van der Waals surface area contributed by atoms with Crippen LogP contribution in [-0.4, -0.2) is 46.7 Å². The van der Waals surface area contributed by atoms with Crippen molar-refractivity contribution < 1.29 is 9.84 Å². The molecule has 0 radical (unpaired) electrons. The first-order chi connectivity index (χ1) is 9.04. The molecule has 2 N–H and O–H groups in total. The molecule has 0 spiro atoms. The van der Waals surface area contributed by atoms with Crippen LogP contribution in [0.5, 0.6) is 5.88 Å². The number of aromatic amines is 1. The lowest BCUT2D eigenvalue weighted by Crippen LogP contribution is -2.30. The smallest absolute Gasteiger partial charge is 0.222 e. The lowest BCUT2D eigenvalue weighted by molar-refractivity contribution is 0.113. The molecule has 0 fully saturated rings. The Morgan fingerprint density at radius 2 is 2.21 bits per heavy atom. The van der Waals surface area contributed by atoms with Crippen molar-refractivity contribution in [1.82, 2.24) is 14.9 Å². The third-order valence-corrected chi connectivity index (χ3v) is 3.48. The molecule has 5 heteroatoms. The van der Waals surface area contributed by atoms with Crippen LogP contribution in [0, 0.1) is 0 Å². The fourth-order valence-electron chi connectivity index (χ4n) is 2.07. The van der Waals surface area contributed by atoms with Gasteiger partial charge >= 0.3 is 0 Å². The van der Waals surface area contributed by atoms with E-state index in [-0.39, 0.29) is 0 Å². The molecule has 2 rings (SSSR count). The monoisotopic (exact) mass is 263 g/mol. The lowest BCUT2D eigenvalue weighted by atomic mass is 10.1. The first-order valence-corrected chi connectivity index (χ1v) is 6.42. The van der Waals surface area contributed by atoms with Gasteiger partial charge in [0.25, 0.3) is 0 Å². The molecule has 0 aliphatic carbocycles. The standard InChI is InChI=1S/C14H21N3O2/c1-9(2)17(3)8-12(18)10-7-16-11-5-6-15-14(19-4)13(10)11/h5-7,9,12,16,18H,8H2,1-4H3. The van der Waals surface area contributed by atoms with Crippen LogP contribution >= 0.6 is 0 Å². The minimum atomic E-state index is -0.570. The number of ether oxygens (including phenoxy) is 1. The molecule has 0 bridgehead atoms. The van der Waals surface area contributed by atoms with Crippen molar-refractivity contribution in [2.24, 2.45) is 0 Å². The average molecular weight is 263 g/mol. The molecule has 0 amide bonds. The average Bonchev–Trinajstić information content (AvgIpc) is 2.82. The zero-order valence-electron chi connectivity index (χ0n) is 11.8. The maximum Gasteiger partial charge on any atom is 0.222 e. The second-order valence-corrected chi connectivity index (χ2v) is 5.04. The number of pyridine rings is 1. The van der Waals surface area contributed by atoms with Crippen molar-refractivity contribution >= 4 is 10.9 Å². The number of rotatable bonds is 5. The van der Waals surface area contributed by atoms with Gasteiger partial charge in [-0.2, -0.15) is 0 Å². The number of likely N-dealkylation sites (N-methyl/N-ethyl adjacent to an activating group) is 1. The van der Waals surface area contributed by atoms with E-state index in [0.717, 1.165) is 16.5 Å². The quantitative estimate of drug-likeness (QED) is 0.865. The number of nitrogens with zero attached hydrogens (tertiary/aromatic N) is 2. The van der Waals surface area contributed by atoms with Crippen molar-refractivity contribution in [1.29, 1.82) is 0 Å². The Hall–Kier alpha value is -1.59. The maximum absolute atomic E-state index is 10.4. The van der Waals surface area contributed by atoms with Crippen LogP contribution < -0.4 is 4.74 Å². The van der Waals surface area contributed by atoms with Crippen LogP contribution in [0.25, 0.3) is 10.9 Å². The van der Waals surface area contributed by atoms with Gasteiger partial charge in [0, 0.05) is 30.5 Å². The largest absolute Gasteiger partial charge is 0.480 e. The molecule has 0 aliphatic rings. The van der Waals surface area contributed by atoms with Crippen LogP contribution in [0.2, 0.25) is 0 Å². The number of hydrogen-bond acceptors (Lipinski definition) is 4. The Labute approximate surface area is 113 Å². The van der Waals surface area contributed by atoms with E-state index in [1.165, 1.54) is 0 Å². The summed E-state index contributed by atoms with van der Waals surface area (Å²) in [6.45, 7) is 4.77. The molecule has 0 aliphatic heterocycles. The maximum atomic E-state index is 10.4. The van der Waals surface area contributed by atoms with Crippen LogP contribution in [0.3, 0.4) is 0 Å². The number of aliphatic hydroxyl groups excluding tert-OH is 1. The normalized spacial score (nSPS) is 13.4. The zero-order valence-corrected chi connectivity index (χ0v) is 11.8. The van der Waals surface area contributed by atoms with Gasteiger partial charge in [0.05, 0.1) is 24.1 Å². The molecular formula is C14H21N3O2. The first kappa shape index (κ1) is 13.8. The molecule has 104 valence electrons. The molecule has 0 aromatic carbocycles. The van der Waals surface area contributed by atoms with Gasteiger partial charge in [0.1, 0.15) is 0 Å². The molecule has 1 unspecified atom stereocenters. The Balaban J connectivity index is 2.34. The highest BCUT2D eigenvalue weighted by atomic mass is 16.5. The second-order valence-electron chi connectivity index (χ2n) is 5.04. The Kier molecular flexibility index (Phi) is 4.07. The van der Waals surface area contributed by atoms with Crippen LogP contribution in [0.15, 0.2) is 18.5 Å². The molecule has 2 heterocycles. The van der Waals surface area contributed by atoms with Crippen LogP contribution in [0.1, 0.15) is 25.5 Å². The number of hydrogen-bond donors (Lipinski definition) is 2. The van der Waals surface area contributed by atoms with Crippen molar-refractivity contribution in [3.63, 3.8) is 0 Å². The lowest BCUT2D eigenvalue weighted by Gasteiger charge is -2.24. The molecule has 5 nitrogen and oxygen atoms in total. The summed E-state index contributed by atoms with van der Waals surface area (Å²) in [5.74, 6) is 0.542. The molecular weight excluding hydrogens is 242 g/mol. The number of aliphatic hydroxyl groups is 1. The fourth-order valence-corrected chi connectivity index (χ4v) is 2.07. The van der Waals surface area contributed by atoms with Gasteiger partial charge in [0.15, 0.2) is 0 Å². The highest BCUT2D eigenvalue weighted by molar-refractivity contribution is 5.88. The summed E-state index contributed by atoms with van der Waals surface area (Å²) < 4.78 is 5.27. The summed E-state index contributed by atoms with van der Waals surface area (Å²) in [7, 11) is 3.59. The predicted molar refractivity (Wildman–Crippen MR) is 75.4 cm³/mol. The molecule has 0 saturated carbocycles. The molecule has 1 atom stereocenters. The summed E-state index contributed by atoms with van der Waals surface area (Å²) in [6, 6.07) is 2.26. The topological polar surface area (TPSA) is 61.4 Å². The number of H-pyrrole nitrogens is 1. The van der Waals surface area contributed by atoms with Gasteiger partial charge < -0.3 is 19.7 Å². The van der Waals surface area contributed by atoms with Crippen molar-refractivity contribution in [2.45, 2.75) is 26.0 Å². The van der Waals surface area contributed by atoms with E-state index in [1.807, 2.05) is 19.3 Å². The predicted octanol–water partition coefficient (Wildman–Crippen LogP) is 1.95. The summed E-state index contributed by atoms with van der Waals surface area (Å²) in [6.07, 6.45) is 2.95. The van der Waals surface area contributed by atoms with E-state index in [0.29, 0.717) is 18.5 Å². The van der Waals surface area contributed by atoms with E-state index in [4.69, 9.17) is 4.74 Å². The van der Waals surface area contributed by atoms with E-state index in [9.17, 15) is 5.11 Å². The Morgan fingerprint density at radius 1 is 1.47 bits per heavy atom. The summed E-state index contributed by atoms with van der Waals surface area (Å²) in [4.78, 5) is 9.44. The third kappa shape index (κ3) is 2.72. The van der Waals surface area contributed by atoms with Gasteiger partial charge in [0.2, 0.25) is 5.88 Å². The van der Waals surface area contributed by atoms with E-state index in [2.05, 4.69) is 28.7 Å². The van der Waals surface area contributed by atoms with Crippen LogP contribution in [-0.2, 0) is 0 Å². The highest BCUT2D eigenvalue weighted by Gasteiger charge is 2.19. The van der Waals surface area contributed by atoms with Crippen molar-refractivity contribution in [3.8, 4) is 5.88 Å². The number of nitrogens with one attached hydrogen (secondary N) is 1. The second kappa shape index (κ2) is 5.59. The molecule has 0 saturated heterocycles. The molecule has 2 aromatic rings. The molecule has 19 heavy (non-hydrogen) atoms. The SMILES string of the molecule is COc1nccc2[nH]cc(C(O)CN(C)C(C)C)c12. The van der Waals surface area contributed by atoms with Gasteiger partial charge in [-0.05, 0) is 27.0 Å². The number of methoxy groups -OCH3 is 1. The van der Waals surface area contributed by atoms with Gasteiger partial charge in [-0.3, -0.25) is 0 Å². The third-order valence-electron chi connectivity index (χ3n) is 3.48. The zero-order chi connectivity index (χ0) is 14.0. The minimum Gasteiger partial charge on any atom is -0.480 e. The van der Waals surface area contributed by atoms with Crippen LogP contribution in [0.4, 0.5) is 0 Å². The first-order valence-electron chi connectivity index (χ1n) is 6.42. The van der Waals surface area contributed by atoms with E-state index in [1.54, 1.807) is 13.3 Å². The van der Waals surface area contributed by atoms with Gasteiger partial charge in [-0.15, -0.1) is 0 Å².